The van der Waals surface area contributed by atoms with Crippen molar-refractivity contribution in [2.24, 2.45) is 0 Å². The summed E-state index contributed by atoms with van der Waals surface area (Å²) in [6.45, 7) is 7.82. The topological polar surface area (TPSA) is 108 Å². The average molecular weight is 413 g/mol. The standard InChI is InChI=1S/C21H24BNO7/c1-20(2)21(3,4)30-22(29-20)16-9-5-14(6-10-16)18(13-28-19(24)25)15-7-11-17(12-8-15)23(26)27/h5-12,18H,13H2,1-4H3,(H,24,25). The Balaban J connectivity index is 1.85. The largest absolute Gasteiger partial charge is 0.505 e. The van der Waals surface area contributed by atoms with Gasteiger partial charge in [-0.15, -0.1) is 0 Å². The Morgan fingerprint density at radius 2 is 1.50 bits per heavy atom. The van der Waals surface area contributed by atoms with Gasteiger partial charge in [0.25, 0.3) is 5.69 Å². The van der Waals surface area contributed by atoms with Crippen LogP contribution in [0, 0.1) is 10.1 Å². The van der Waals surface area contributed by atoms with Gasteiger partial charge >= 0.3 is 13.3 Å². The Morgan fingerprint density at radius 1 is 1.03 bits per heavy atom. The van der Waals surface area contributed by atoms with Crippen molar-refractivity contribution in [3.05, 3.63) is 69.8 Å². The lowest BCUT2D eigenvalue weighted by Crippen LogP contribution is -2.41. The van der Waals surface area contributed by atoms with Crippen molar-refractivity contribution < 1.29 is 28.9 Å². The summed E-state index contributed by atoms with van der Waals surface area (Å²) in [5.41, 5.74) is 1.43. The molecule has 0 aliphatic carbocycles. The minimum absolute atomic E-state index is 0.0345. The van der Waals surface area contributed by atoms with Crippen LogP contribution in [-0.2, 0) is 14.0 Å². The van der Waals surface area contributed by atoms with E-state index >= 15 is 0 Å². The molecule has 0 radical (unpaired) electrons. The van der Waals surface area contributed by atoms with E-state index in [4.69, 9.17) is 19.2 Å². The van der Waals surface area contributed by atoms with Crippen molar-refractivity contribution in [1.29, 1.82) is 0 Å². The molecule has 1 aliphatic heterocycles. The fourth-order valence-corrected chi connectivity index (χ4v) is 3.23. The van der Waals surface area contributed by atoms with E-state index in [-0.39, 0.29) is 12.3 Å². The van der Waals surface area contributed by atoms with Gasteiger partial charge in [-0.05, 0) is 44.3 Å². The second kappa shape index (κ2) is 8.08. The number of nitro groups is 1. The normalized spacial score (nSPS) is 18.1. The quantitative estimate of drug-likeness (QED) is 0.333. The molecular weight excluding hydrogens is 389 g/mol. The molecule has 2 aromatic carbocycles. The maximum atomic E-state index is 10.9. The molecule has 2 aromatic rings. The third-order valence-electron chi connectivity index (χ3n) is 5.74. The number of nitro benzene ring substituents is 1. The van der Waals surface area contributed by atoms with Crippen molar-refractivity contribution in [3.63, 3.8) is 0 Å². The van der Waals surface area contributed by atoms with Gasteiger partial charge in [-0.3, -0.25) is 10.1 Å². The molecule has 158 valence electrons. The number of carboxylic acid groups (broad SMARTS) is 1. The highest BCUT2D eigenvalue weighted by Crippen LogP contribution is 2.36. The van der Waals surface area contributed by atoms with Crippen molar-refractivity contribution in [2.75, 3.05) is 6.61 Å². The highest BCUT2D eigenvalue weighted by molar-refractivity contribution is 6.62. The van der Waals surface area contributed by atoms with E-state index < -0.39 is 35.3 Å². The van der Waals surface area contributed by atoms with E-state index in [1.165, 1.54) is 12.1 Å². The predicted octanol–water partition coefficient (Wildman–Crippen LogP) is 3.72. The molecule has 30 heavy (non-hydrogen) atoms. The molecule has 3 rings (SSSR count). The number of non-ortho nitro benzene ring substituents is 1. The summed E-state index contributed by atoms with van der Waals surface area (Å²) in [7, 11) is -0.503. The van der Waals surface area contributed by atoms with Crippen LogP contribution in [0.2, 0.25) is 0 Å². The number of benzene rings is 2. The fourth-order valence-electron chi connectivity index (χ4n) is 3.23. The van der Waals surface area contributed by atoms with Crippen molar-refractivity contribution in [1.82, 2.24) is 0 Å². The monoisotopic (exact) mass is 413 g/mol. The predicted molar refractivity (Wildman–Crippen MR) is 111 cm³/mol. The van der Waals surface area contributed by atoms with Gasteiger partial charge in [-0.25, -0.2) is 4.79 Å². The first-order valence-corrected chi connectivity index (χ1v) is 9.56. The molecule has 1 N–H and O–H groups in total. The smallest absolute Gasteiger partial charge is 0.450 e. The van der Waals surface area contributed by atoms with Gasteiger partial charge in [0, 0.05) is 18.1 Å². The maximum absolute atomic E-state index is 10.9. The van der Waals surface area contributed by atoms with Crippen LogP contribution in [0.3, 0.4) is 0 Å². The fraction of sp³-hybridized carbons (Fsp3) is 0.381. The van der Waals surface area contributed by atoms with E-state index in [0.29, 0.717) is 5.56 Å². The van der Waals surface area contributed by atoms with E-state index in [1.54, 1.807) is 12.1 Å². The van der Waals surface area contributed by atoms with Crippen LogP contribution in [0.4, 0.5) is 10.5 Å². The number of carbonyl (C=O) groups is 1. The minimum Gasteiger partial charge on any atom is -0.450 e. The first kappa shape index (κ1) is 21.8. The zero-order chi connectivity index (χ0) is 22.1. The molecule has 0 spiro atoms. The molecule has 0 aromatic heterocycles. The van der Waals surface area contributed by atoms with Gasteiger partial charge in [-0.2, -0.15) is 0 Å². The number of rotatable bonds is 6. The van der Waals surface area contributed by atoms with Gasteiger partial charge in [0.15, 0.2) is 0 Å². The van der Waals surface area contributed by atoms with Gasteiger partial charge in [0.2, 0.25) is 0 Å². The van der Waals surface area contributed by atoms with Gasteiger partial charge < -0.3 is 19.2 Å². The lowest BCUT2D eigenvalue weighted by molar-refractivity contribution is -0.384. The maximum Gasteiger partial charge on any atom is 0.505 e. The van der Waals surface area contributed by atoms with Crippen LogP contribution >= 0.6 is 0 Å². The molecule has 1 fully saturated rings. The highest BCUT2D eigenvalue weighted by atomic mass is 16.7. The van der Waals surface area contributed by atoms with Crippen LogP contribution in [0.1, 0.15) is 44.7 Å². The molecule has 1 aliphatic rings. The Kier molecular flexibility index (Phi) is 5.87. The first-order valence-electron chi connectivity index (χ1n) is 9.56. The first-order chi connectivity index (χ1) is 14.0. The summed E-state index contributed by atoms with van der Waals surface area (Å²) < 4.78 is 16.9. The highest BCUT2D eigenvalue weighted by Gasteiger charge is 2.51. The Bertz CT molecular complexity index is 909. The zero-order valence-corrected chi connectivity index (χ0v) is 17.3. The Labute approximate surface area is 175 Å². The third kappa shape index (κ3) is 4.47. The van der Waals surface area contributed by atoms with E-state index in [1.807, 2.05) is 52.0 Å². The second-order valence-corrected chi connectivity index (χ2v) is 8.23. The van der Waals surface area contributed by atoms with Crippen LogP contribution in [0.15, 0.2) is 48.5 Å². The van der Waals surface area contributed by atoms with Crippen LogP contribution < -0.4 is 5.46 Å². The van der Waals surface area contributed by atoms with E-state index in [0.717, 1.165) is 11.0 Å². The zero-order valence-electron chi connectivity index (χ0n) is 17.3. The lowest BCUT2D eigenvalue weighted by atomic mass is 9.78. The lowest BCUT2D eigenvalue weighted by Gasteiger charge is -2.32. The van der Waals surface area contributed by atoms with Crippen LogP contribution in [0.5, 0.6) is 0 Å². The molecule has 1 atom stereocenters. The number of ether oxygens (including phenoxy) is 1. The molecule has 1 unspecified atom stereocenters. The molecule has 0 saturated carbocycles. The summed E-state index contributed by atoms with van der Waals surface area (Å²) in [4.78, 5) is 21.3. The van der Waals surface area contributed by atoms with E-state index in [9.17, 15) is 14.9 Å². The Morgan fingerprint density at radius 3 is 1.93 bits per heavy atom. The minimum atomic E-state index is -1.38. The van der Waals surface area contributed by atoms with Crippen molar-refractivity contribution in [3.8, 4) is 0 Å². The summed E-state index contributed by atoms with van der Waals surface area (Å²) in [6.07, 6.45) is -1.38. The third-order valence-corrected chi connectivity index (χ3v) is 5.74. The molecule has 9 heteroatoms. The second-order valence-electron chi connectivity index (χ2n) is 8.23. The van der Waals surface area contributed by atoms with Gasteiger partial charge in [0.1, 0.15) is 6.61 Å². The number of nitrogens with zero attached hydrogens (tertiary/aromatic N) is 1. The van der Waals surface area contributed by atoms with E-state index in [2.05, 4.69) is 0 Å². The van der Waals surface area contributed by atoms with Crippen molar-refractivity contribution in [2.45, 2.75) is 44.8 Å². The number of hydrogen-bond donors (Lipinski definition) is 1. The molecule has 1 saturated heterocycles. The van der Waals surface area contributed by atoms with Gasteiger partial charge in [-0.1, -0.05) is 36.4 Å². The summed E-state index contributed by atoms with van der Waals surface area (Å²) in [5.74, 6) is -0.408. The van der Waals surface area contributed by atoms with Crippen molar-refractivity contribution >= 4 is 24.4 Å². The summed E-state index contributed by atoms with van der Waals surface area (Å²) in [6, 6.07) is 13.5. The van der Waals surface area contributed by atoms with Gasteiger partial charge in [0.05, 0.1) is 16.1 Å². The van der Waals surface area contributed by atoms with Crippen LogP contribution in [0.25, 0.3) is 0 Å². The Hall–Kier alpha value is -2.91. The van der Waals surface area contributed by atoms with Crippen LogP contribution in [-0.4, -0.2) is 41.1 Å². The average Bonchev–Trinajstić information content (AvgIpc) is 2.90. The molecule has 1 heterocycles. The number of hydrogen-bond acceptors (Lipinski definition) is 6. The molecule has 8 nitrogen and oxygen atoms in total. The SMILES string of the molecule is CC1(C)OB(c2ccc(C(COC(=O)O)c3ccc([N+](=O)[O-])cc3)cc2)OC1(C)C. The molecule has 0 bridgehead atoms. The molecular formula is C21H24BNO7. The summed E-state index contributed by atoms with van der Waals surface area (Å²) >= 11 is 0. The summed E-state index contributed by atoms with van der Waals surface area (Å²) in [5, 5.41) is 19.8. The molecule has 0 amide bonds.